The fourth-order valence-corrected chi connectivity index (χ4v) is 3.24. The van der Waals surface area contributed by atoms with E-state index in [9.17, 15) is 14.7 Å². The lowest BCUT2D eigenvalue weighted by molar-refractivity contribution is -0.143. The second kappa shape index (κ2) is 7.13. The molecular weight excluding hydrogens is 294 g/mol. The molecular formula is C14H22ClN3O3. The molecule has 2 amide bonds. The summed E-state index contributed by atoms with van der Waals surface area (Å²) in [6, 6.07) is -0.220. The molecule has 7 heteroatoms. The van der Waals surface area contributed by atoms with Gasteiger partial charge in [-0.25, -0.2) is 4.79 Å². The van der Waals surface area contributed by atoms with Gasteiger partial charge in [0.25, 0.3) is 0 Å². The zero-order valence-electron chi connectivity index (χ0n) is 12.1. The minimum atomic E-state index is -0.728. The van der Waals surface area contributed by atoms with E-state index in [-0.39, 0.29) is 24.7 Å². The van der Waals surface area contributed by atoms with E-state index in [0.29, 0.717) is 18.1 Å². The molecule has 2 heterocycles. The van der Waals surface area contributed by atoms with Gasteiger partial charge in [-0.3, -0.25) is 9.69 Å². The monoisotopic (exact) mass is 315 g/mol. The van der Waals surface area contributed by atoms with E-state index in [0.717, 1.165) is 32.2 Å². The van der Waals surface area contributed by atoms with Crippen molar-refractivity contribution in [3.63, 3.8) is 0 Å². The van der Waals surface area contributed by atoms with Crippen molar-refractivity contribution in [1.82, 2.24) is 15.1 Å². The first-order valence-electron chi connectivity index (χ1n) is 7.33. The summed E-state index contributed by atoms with van der Waals surface area (Å²) in [5, 5.41) is 12.4. The number of nitrogens with one attached hydrogen (secondary N) is 1. The summed E-state index contributed by atoms with van der Waals surface area (Å²) < 4.78 is 0. The lowest BCUT2D eigenvalue weighted by Gasteiger charge is -2.38. The molecule has 21 heavy (non-hydrogen) atoms. The SMILES string of the molecule is C=C(Cl)CNC(=O)N1CCC(N2CCCC2C(=O)O)CC1. The maximum Gasteiger partial charge on any atom is 0.320 e. The van der Waals surface area contributed by atoms with Crippen LogP contribution in [0.5, 0.6) is 0 Å². The fraction of sp³-hybridized carbons (Fsp3) is 0.714. The van der Waals surface area contributed by atoms with Gasteiger partial charge in [-0.2, -0.15) is 0 Å². The summed E-state index contributed by atoms with van der Waals surface area (Å²) >= 11 is 5.63. The molecule has 0 saturated carbocycles. The zero-order valence-corrected chi connectivity index (χ0v) is 12.8. The maximum atomic E-state index is 11.9. The Hall–Kier alpha value is -1.27. The Bertz CT molecular complexity index is 422. The van der Waals surface area contributed by atoms with Crippen LogP contribution in [0.1, 0.15) is 25.7 Å². The van der Waals surface area contributed by atoms with Crippen LogP contribution >= 0.6 is 11.6 Å². The maximum absolute atomic E-state index is 11.9. The van der Waals surface area contributed by atoms with E-state index in [2.05, 4.69) is 16.8 Å². The number of carboxylic acids is 1. The summed E-state index contributed by atoms with van der Waals surface area (Å²) in [5.74, 6) is -0.728. The molecule has 0 aromatic carbocycles. The van der Waals surface area contributed by atoms with Crippen molar-refractivity contribution in [3.05, 3.63) is 11.6 Å². The average Bonchev–Trinajstić information content (AvgIpc) is 2.94. The Labute approximate surface area is 129 Å². The van der Waals surface area contributed by atoms with Crippen molar-refractivity contribution >= 4 is 23.6 Å². The lowest BCUT2D eigenvalue weighted by Crippen LogP contribution is -2.51. The number of piperidine rings is 1. The third-order valence-corrected chi connectivity index (χ3v) is 4.37. The minimum absolute atomic E-state index is 0.133. The summed E-state index contributed by atoms with van der Waals surface area (Å²) in [7, 11) is 0. The van der Waals surface area contributed by atoms with Gasteiger partial charge in [-0.1, -0.05) is 18.2 Å². The van der Waals surface area contributed by atoms with E-state index in [1.54, 1.807) is 4.90 Å². The van der Waals surface area contributed by atoms with Crippen LogP contribution in [0.15, 0.2) is 11.6 Å². The topological polar surface area (TPSA) is 72.9 Å². The third kappa shape index (κ3) is 4.11. The lowest BCUT2D eigenvalue weighted by atomic mass is 10.0. The number of carboxylic acid groups (broad SMARTS) is 1. The summed E-state index contributed by atoms with van der Waals surface area (Å²) in [5.41, 5.74) is 0. The molecule has 1 unspecified atom stereocenters. The Morgan fingerprint density at radius 1 is 1.24 bits per heavy atom. The second-order valence-corrected chi connectivity index (χ2v) is 6.16. The molecule has 2 N–H and O–H groups in total. The van der Waals surface area contributed by atoms with Crippen LogP contribution in [-0.4, -0.2) is 65.2 Å². The molecule has 2 rings (SSSR count). The third-order valence-electron chi connectivity index (χ3n) is 4.23. The number of hydrogen-bond donors (Lipinski definition) is 2. The molecule has 2 aliphatic rings. The number of carbonyl (C=O) groups is 2. The standard InChI is InChI=1S/C14H22ClN3O3/c1-10(15)9-16-14(21)17-7-4-11(5-8-17)18-6-2-3-12(18)13(19)20/h11-12H,1-9H2,(H,16,21)(H,19,20). The number of amides is 2. The fourth-order valence-electron chi connectivity index (χ4n) is 3.18. The van der Waals surface area contributed by atoms with E-state index in [1.807, 2.05) is 0 Å². The number of nitrogens with zero attached hydrogens (tertiary/aromatic N) is 2. The second-order valence-electron chi connectivity index (χ2n) is 5.63. The molecule has 0 aliphatic carbocycles. The Balaban J connectivity index is 1.81. The van der Waals surface area contributed by atoms with Gasteiger partial charge in [0.15, 0.2) is 0 Å². The Morgan fingerprint density at radius 3 is 2.48 bits per heavy atom. The largest absolute Gasteiger partial charge is 0.480 e. The molecule has 0 radical (unpaired) electrons. The number of hydrogen-bond acceptors (Lipinski definition) is 3. The smallest absolute Gasteiger partial charge is 0.320 e. The van der Waals surface area contributed by atoms with E-state index >= 15 is 0 Å². The highest BCUT2D eigenvalue weighted by Crippen LogP contribution is 2.26. The van der Waals surface area contributed by atoms with Crippen molar-refractivity contribution in [1.29, 1.82) is 0 Å². The number of likely N-dealkylation sites (tertiary alicyclic amines) is 2. The van der Waals surface area contributed by atoms with Gasteiger partial charge >= 0.3 is 12.0 Å². The molecule has 0 bridgehead atoms. The molecule has 2 aliphatic heterocycles. The summed E-state index contributed by atoms with van der Waals surface area (Å²) in [6.45, 7) is 5.94. The number of carbonyl (C=O) groups excluding carboxylic acids is 1. The van der Waals surface area contributed by atoms with Gasteiger partial charge in [-0.05, 0) is 32.2 Å². The van der Waals surface area contributed by atoms with E-state index in [1.165, 1.54) is 0 Å². The average molecular weight is 316 g/mol. The molecule has 0 aromatic heterocycles. The van der Waals surface area contributed by atoms with Crippen molar-refractivity contribution < 1.29 is 14.7 Å². The van der Waals surface area contributed by atoms with Crippen LogP contribution in [0, 0.1) is 0 Å². The van der Waals surface area contributed by atoms with Gasteiger partial charge < -0.3 is 15.3 Å². The molecule has 0 aromatic rings. The summed E-state index contributed by atoms with van der Waals surface area (Å²) in [4.78, 5) is 27.0. The first-order valence-corrected chi connectivity index (χ1v) is 7.71. The Kier molecular flexibility index (Phi) is 5.47. The number of aliphatic carboxylic acids is 1. The highest BCUT2D eigenvalue weighted by Gasteiger charge is 2.37. The zero-order chi connectivity index (χ0) is 15.4. The van der Waals surface area contributed by atoms with Gasteiger partial charge in [0.1, 0.15) is 6.04 Å². The Morgan fingerprint density at radius 2 is 1.90 bits per heavy atom. The molecule has 6 nitrogen and oxygen atoms in total. The highest BCUT2D eigenvalue weighted by atomic mass is 35.5. The van der Waals surface area contributed by atoms with Crippen LogP contribution in [-0.2, 0) is 4.79 Å². The van der Waals surface area contributed by atoms with E-state index in [4.69, 9.17) is 11.6 Å². The van der Waals surface area contributed by atoms with Crippen LogP contribution in [0.2, 0.25) is 0 Å². The number of rotatable bonds is 4. The van der Waals surface area contributed by atoms with Crippen molar-refractivity contribution in [3.8, 4) is 0 Å². The highest BCUT2D eigenvalue weighted by molar-refractivity contribution is 6.29. The molecule has 2 saturated heterocycles. The molecule has 0 spiro atoms. The van der Waals surface area contributed by atoms with Crippen LogP contribution in [0.25, 0.3) is 0 Å². The van der Waals surface area contributed by atoms with Crippen molar-refractivity contribution in [2.24, 2.45) is 0 Å². The van der Waals surface area contributed by atoms with Crippen LogP contribution in [0.4, 0.5) is 4.79 Å². The number of urea groups is 1. The van der Waals surface area contributed by atoms with Crippen molar-refractivity contribution in [2.75, 3.05) is 26.2 Å². The predicted octanol–water partition coefficient (Wildman–Crippen LogP) is 1.46. The first-order chi connectivity index (χ1) is 9.99. The molecule has 118 valence electrons. The minimum Gasteiger partial charge on any atom is -0.480 e. The number of halogens is 1. The first kappa shape index (κ1) is 16.1. The predicted molar refractivity (Wildman–Crippen MR) is 80.4 cm³/mol. The van der Waals surface area contributed by atoms with Crippen LogP contribution < -0.4 is 5.32 Å². The molecule has 1 atom stereocenters. The normalized spacial score (nSPS) is 24.0. The van der Waals surface area contributed by atoms with Gasteiger partial charge in [-0.15, -0.1) is 0 Å². The van der Waals surface area contributed by atoms with Crippen molar-refractivity contribution in [2.45, 2.75) is 37.8 Å². The molecule has 2 fully saturated rings. The summed E-state index contributed by atoms with van der Waals surface area (Å²) in [6.07, 6.45) is 3.31. The van der Waals surface area contributed by atoms with Gasteiger partial charge in [0, 0.05) is 24.2 Å². The van der Waals surface area contributed by atoms with Gasteiger partial charge in [0.05, 0.1) is 6.54 Å². The quantitative estimate of drug-likeness (QED) is 0.824. The van der Waals surface area contributed by atoms with Crippen LogP contribution in [0.3, 0.4) is 0 Å². The van der Waals surface area contributed by atoms with E-state index < -0.39 is 5.97 Å². The van der Waals surface area contributed by atoms with Gasteiger partial charge in [0.2, 0.25) is 0 Å².